The highest BCUT2D eigenvalue weighted by Crippen LogP contribution is 2.14. The van der Waals surface area contributed by atoms with E-state index in [1.54, 1.807) is 30.0 Å². The molecule has 110 valence electrons. The highest BCUT2D eigenvalue weighted by Gasteiger charge is 2.18. The molecule has 0 aliphatic heterocycles. The van der Waals surface area contributed by atoms with Crippen molar-refractivity contribution in [3.05, 3.63) is 71.0 Å². The fraction of sp³-hybridized carbons (Fsp3) is 0.278. The number of benzene rings is 2. The normalized spacial score (nSPS) is 10.4. The van der Waals surface area contributed by atoms with Gasteiger partial charge in [-0.25, -0.2) is 4.39 Å². The predicted octanol–water partition coefficient (Wildman–Crippen LogP) is 3.84. The molecule has 0 N–H and O–H groups in total. The molecule has 3 heteroatoms. The third-order valence-corrected chi connectivity index (χ3v) is 3.60. The Hall–Kier alpha value is -2.16. The first-order chi connectivity index (χ1) is 10.1. The van der Waals surface area contributed by atoms with Gasteiger partial charge in [0.15, 0.2) is 0 Å². The van der Waals surface area contributed by atoms with Gasteiger partial charge in [0.05, 0.1) is 5.56 Å². The summed E-state index contributed by atoms with van der Waals surface area (Å²) in [6, 6.07) is 14.9. The molecular formula is C18H20FNO. The molecule has 2 aromatic carbocycles. The first-order valence-corrected chi connectivity index (χ1v) is 7.21. The van der Waals surface area contributed by atoms with Gasteiger partial charge < -0.3 is 4.90 Å². The molecule has 0 unspecified atom stereocenters. The highest BCUT2D eigenvalue weighted by molar-refractivity contribution is 5.94. The Balaban J connectivity index is 2.10. The molecule has 0 aliphatic carbocycles. The van der Waals surface area contributed by atoms with Gasteiger partial charge in [-0.05, 0) is 37.5 Å². The van der Waals surface area contributed by atoms with E-state index in [9.17, 15) is 9.18 Å². The van der Waals surface area contributed by atoms with Crippen LogP contribution in [0.1, 0.15) is 28.4 Å². The molecule has 0 aliphatic rings. The topological polar surface area (TPSA) is 20.3 Å². The van der Waals surface area contributed by atoms with Crippen LogP contribution in [0.2, 0.25) is 0 Å². The summed E-state index contributed by atoms with van der Waals surface area (Å²) < 4.78 is 14.1. The van der Waals surface area contributed by atoms with Crippen LogP contribution in [0.5, 0.6) is 0 Å². The number of amides is 1. The molecule has 2 aromatic rings. The molecule has 0 aromatic heterocycles. The molecule has 0 atom stereocenters. The van der Waals surface area contributed by atoms with Crippen LogP contribution in [-0.2, 0) is 6.42 Å². The zero-order chi connectivity index (χ0) is 15.2. The van der Waals surface area contributed by atoms with Gasteiger partial charge in [0, 0.05) is 13.1 Å². The largest absolute Gasteiger partial charge is 0.339 e. The Bertz CT molecular complexity index is 610. The number of likely N-dealkylation sites (N-methyl/N-ethyl adjacent to an activating group) is 1. The Morgan fingerprint density at radius 3 is 2.48 bits per heavy atom. The highest BCUT2D eigenvalue weighted by atomic mass is 19.1. The van der Waals surface area contributed by atoms with Crippen LogP contribution in [0.15, 0.2) is 48.5 Å². The van der Waals surface area contributed by atoms with Crippen molar-refractivity contribution < 1.29 is 9.18 Å². The van der Waals surface area contributed by atoms with E-state index in [1.165, 1.54) is 5.56 Å². The lowest BCUT2D eigenvalue weighted by Crippen LogP contribution is -2.33. The average Bonchev–Trinajstić information content (AvgIpc) is 2.51. The van der Waals surface area contributed by atoms with Crippen LogP contribution >= 0.6 is 0 Å². The summed E-state index contributed by atoms with van der Waals surface area (Å²) in [6.45, 7) is 4.74. The number of aryl methyl sites for hydroxylation is 1. The maximum Gasteiger partial charge on any atom is 0.256 e. The summed E-state index contributed by atoms with van der Waals surface area (Å²) in [5.74, 6) is -0.657. The van der Waals surface area contributed by atoms with E-state index < -0.39 is 5.82 Å². The molecular weight excluding hydrogens is 265 g/mol. The fourth-order valence-corrected chi connectivity index (χ4v) is 2.29. The monoisotopic (exact) mass is 285 g/mol. The van der Waals surface area contributed by atoms with Gasteiger partial charge >= 0.3 is 0 Å². The minimum absolute atomic E-state index is 0.157. The fourth-order valence-electron chi connectivity index (χ4n) is 2.29. The number of rotatable bonds is 5. The first kappa shape index (κ1) is 15.2. The third-order valence-electron chi connectivity index (χ3n) is 3.60. The van der Waals surface area contributed by atoms with Crippen LogP contribution in [0, 0.1) is 12.7 Å². The molecule has 0 saturated carbocycles. The molecule has 0 radical (unpaired) electrons. The smallest absolute Gasteiger partial charge is 0.256 e. The Morgan fingerprint density at radius 1 is 1.10 bits per heavy atom. The molecule has 0 spiro atoms. The van der Waals surface area contributed by atoms with E-state index in [-0.39, 0.29) is 11.5 Å². The molecule has 0 heterocycles. The Labute approximate surface area is 125 Å². The van der Waals surface area contributed by atoms with Crippen molar-refractivity contribution in [3.63, 3.8) is 0 Å². The number of carbonyl (C=O) groups excluding carboxylic acids is 1. The maximum atomic E-state index is 14.1. The van der Waals surface area contributed by atoms with Gasteiger partial charge in [-0.3, -0.25) is 4.79 Å². The number of carbonyl (C=O) groups is 1. The lowest BCUT2D eigenvalue weighted by atomic mass is 10.1. The number of halogens is 1. The van der Waals surface area contributed by atoms with Crippen LogP contribution < -0.4 is 0 Å². The lowest BCUT2D eigenvalue weighted by molar-refractivity contribution is 0.0761. The van der Waals surface area contributed by atoms with Gasteiger partial charge in [0.2, 0.25) is 0 Å². The van der Waals surface area contributed by atoms with Crippen molar-refractivity contribution in [2.75, 3.05) is 13.1 Å². The van der Waals surface area contributed by atoms with Gasteiger partial charge in [-0.1, -0.05) is 42.5 Å². The molecule has 0 bridgehead atoms. The second-order valence-corrected chi connectivity index (χ2v) is 5.06. The van der Waals surface area contributed by atoms with E-state index in [2.05, 4.69) is 0 Å². The van der Waals surface area contributed by atoms with E-state index in [0.29, 0.717) is 18.7 Å². The minimum Gasteiger partial charge on any atom is -0.339 e. The third kappa shape index (κ3) is 3.69. The summed E-state index contributed by atoms with van der Waals surface area (Å²) >= 11 is 0. The second kappa shape index (κ2) is 7.02. The zero-order valence-electron chi connectivity index (χ0n) is 12.5. The van der Waals surface area contributed by atoms with Crippen LogP contribution in [0.3, 0.4) is 0 Å². The number of hydrogen-bond donors (Lipinski definition) is 0. The summed E-state index contributed by atoms with van der Waals surface area (Å²) in [5.41, 5.74) is 1.83. The molecule has 0 fully saturated rings. The Kier molecular flexibility index (Phi) is 5.09. The molecule has 2 rings (SSSR count). The van der Waals surface area contributed by atoms with E-state index in [1.807, 2.05) is 37.3 Å². The van der Waals surface area contributed by atoms with Gasteiger partial charge in [0.25, 0.3) is 5.91 Å². The van der Waals surface area contributed by atoms with Gasteiger partial charge in [-0.2, -0.15) is 0 Å². The lowest BCUT2D eigenvalue weighted by Gasteiger charge is -2.21. The molecule has 2 nitrogen and oxygen atoms in total. The standard InChI is InChI=1S/C18H20FNO/c1-3-20(13-12-15-9-5-4-6-10-15)18(21)16-11-7-8-14(2)17(16)19/h4-11H,3,12-13H2,1-2H3. The predicted molar refractivity (Wildman–Crippen MR) is 82.9 cm³/mol. The van der Waals surface area contributed by atoms with Crippen LogP contribution in [-0.4, -0.2) is 23.9 Å². The number of hydrogen-bond acceptors (Lipinski definition) is 1. The van der Waals surface area contributed by atoms with Crippen molar-refractivity contribution in [1.29, 1.82) is 0 Å². The van der Waals surface area contributed by atoms with Crippen LogP contribution in [0.4, 0.5) is 4.39 Å². The quantitative estimate of drug-likeness (QED) is 0.817. The van der Waals surface area contributed by atoms with E-state index >= 15 is 0 Å². The van der Waals surface area contributed by atoms with Gasteiger partial charge in [0.1, 0.15) is 5.82 Å². The van der Waals surface area contributed by atoms with Crippen molar-refractivity contribution in [2.24, 2.45) is 0 Å². The first-order valence-electron chi connectivity index (χ1n) is 7.21. The zero-order valence-corrected chi connectivity index (χ0v) is 12.5. The van der Waals surface area contributed by atoms with Crippen molar-refractivity contribution in [2.45, 2.75) is 20.3 Å². The summed E-state index contributed by atoms with van der Waals surface area (Å²) in [6.07, 6.45) is 0.772. The summed E-state index contributed by atoms with van der Waals surface area (Å²) in [7, 11) is 0. The molecule has 0 saturated heterocycles. The van der Waals surface area contributed by atoms with Gasteiger partial charge in [-0.15, -0.1) is 0 Å². The van der Waals surface area contributed by atoms with Crippen LogP contribution in [0.25, 0.3) is 0 Å². The summed E-state index contributed by atoms with van der Waals surface area (Å²) in [5, 5.41) is 0. The molecule has 21 heavy (non-hydrogen) atoms. The summed E-state index contributed by atoms with van der Waals surface area (Å²) in [4.78, 5) is 14.1. The Morgan fingerprint density at radius 2 is 1.81 bits per heavy atom. The minimum atomic E-state index is -0.416. The second-order valence-electron chi connectivity index (χ2n) is 5.06. The van der Waals surface area contributed by atoms with Crippen molar-refractivity contribution in [3.8, 4) is 0 Å². The number of nitrogens with zero attached hydrogens (tertiary/aromatic N) is 1. The maximum absolute atomic E-state index is 14.1. The molecule has 1 amide bonds. The average molecular weight is 285 g/mol. The van der Waals surface area contributed by atoms with E-state index in [0.717, 1.165) is 6.42 Å². The van der Waals surface area contributed by atoms with Crippen molar-refractivity contribution in [1.82, 2.24) is 4.90 Å². The van der Waals surface area contributed by atoms with Crippen molar-refractivity contribution >= 4 is 5.91 Å². The SMILES string of the molecule is CCN(CCc1ccccc1)C(=O)c1cccc(C)c1F. The van der Waals surface area contributed by atoms with E-state index in [4.69, 9.17) is 0 Å².